The van der Waals surface area contributed by atoms with Crippen LogP contribution in [0.15, 0.2) is 18.3 Å². The number of hydrogen-bond acceptors (Lipinski definition) is 3. The van der Waals surface area contributed by atoms with E-state index in [9.17, 15) is 4.79 Å². The maximum atomic E-state index is 10.7. The predicted molar refractivity (Wildman–Crippen MR) is 38.5 cm³/mol. The Balaban J connectivity index is 2.90. The Morgan fingerprint density at radius 2 is 2.36 bits per heavy atom. The van der Waals surface area contributed by atoms with E-state index in [1.807, 2.05) is 0 Å². The summed E-state index contributed by atoms with van der Waals surface area (Å²) in [5, 5.41) is 8.50. The molecule has 0 aliphatic heterocycles. The number of halogens is 1. The van der Waals surface area contributed by atoms with Crippen LogP contribution in [0.3, 0.4) is 0 Å². The number of rotatable bonds is 1. The largest absolute Gasteiger partial charge is 0.288 e. The minimum Gasteiger partial charge on any atom is -0.288 e. The first-order valence-corrected chi connectivity index (χ1v) is 3.18. The number of amides is 1. The van der Waals surface area contributed by atoms with Gasteiger partial charge in [-0.3, -0.25) is 10.0 Å². The lowest BCUT2D eigenvalue weighted by Gasteiger charge is -1.95. The van der Waals surface area contributed by atoms with Gasteiger partial charge in [-0.2, -0.15) is 0 Å². The highest BCUT2D eigenvalue weighted by molar-refractivity contribution is 6.29. The van der Waals surface area contributed by atoms with Crippen molar-refractivity contribution in [1.29, 1.82) is 0 Å². The second kappa shape index (κ2) is 3.32. The van der Waals surface area contributed by atoms with Crippen LogP contribution in [0.25, 0.3) is 0 Å². The first-order chi connectivity index (χ1) is 5.24. The summed E-state index contributed by atoms with van der Waals surface area (Å²) >= 11 is 5.45. The van der Waals surface area contributed by atoms with Crippen molar-refractivity contribution in [2.45, 2.75) is 0 Å². The van der Waals surface area contributed by atoms with Gasteiger partial charge in [0.05, 0.1) is 5.56 Å². The molecule has 0 bridgehead atoms. The highest BCUT2D eigenvalue weighted by Crippen LogP contribution is 2.04. The molecule has 58 valence electrons. The number of nitrogens with one attached hydrogen (secondary N) is 1. The summed E-state index contributed by atoms with van der Waals surface area (Å²) in [7, 11) is 0. The van der Waals surface area contributed by atoms with Gasteiger partial charge in [0.1, 0.15) is 5.15 Å². The van der Waals surface area contributed by atoms with Crippen LogP contribution in [-0.4, -0.2) is 16.1 Å². The third-order valence-corrected chi connectivity index (χ3v) is 1.31. The number of carbonyl (C=O) groups excluding carboxylic acids is 1. The van der Waals surface area contributed by atoms with E-state index >= 15 is 0 Å². The molecule has 0 aliphatic rings. The van der Waals surface area contributed by atoms with Crippen LogP contribution in [0.1, 0.15) is 10.4 Å². The lowest BCUT2D eigenvalue weighted by Crippen LogP contribution is -2.18. The number of pyridine rings is 1. The van der Waals surface area contributed by atoms with E-state index in [1.54, 1.807) is 0 Å². The summed E-state index contributed by atoms with van der Waals surface area (Å²) in [5.41, 5.74) is 1.74. The highest BCUT2D eigenvalue weighted by Gasteiger charge is 2.02. The minimum atomic E-state index is -0.603. The standard InChI is InChI=1S/C6H5ClN2O2/c7-5-2-1-4(3-8-5)6(10)9-11/h1-3,11H,(H,9,10). The summed E-state index contributed by atoms with van der Waals surface area (Å²) in [4.78, 5) is 14.3. The van der Waals surface area contributed by atoms with E-state index in [2.05, 4.69) is 4.98 Å². The van der Waals surface area contributed by atoms with Crippen molar-refractivity contribution in [1.82, 2.24) is 10.5 Å². The van der Waals surface area contributed by atoms with Gasteiger partial charge < -0.3 is 0 Å². The molecule has 5 heteroatoms. The molecule has 4 nitrogen and oxygen atoms in total. The number of nitrogens with zero attached hydrogens (tertiary/aromatic N) is 1. The maximum Gasteiger partial charge on any atom is 0.276 e. The van der Waals surface area contributed by atoms with Crippen molar-refractivity contribution in [3.05, 3.63) is 29.0 Å². The van der Waals surface area contributed by atoms with E-state index in [-0.39, 0.29) is 5.56 Å². The molecule has 0 atom stereocenters. The Morgan fingerprint density at radius 1 is 1.64 bits per heavy atom. The van der Waals surface area contributed by atoms with Crippen molar-refractivity contribution >= 4 is 17.5 Å². The van der Waals surface area contributed by atoms with Gasteiger partial charge in [0.2, 0.25) is 0 Å². The molecule has 0 saturated carbocycles. The molecule has 0 fully saturated rings. The Kier molecular flexibility index (Phi) is 2.40. The second-order valence-corrected chi connectivity index (χ2v) is 2.20. The highest BCUT2D eigenvalue weighted by atomic mass is 35.5. The quantitative estimate of drug-likeness (QED) is 0.375. The third kappa shape index (κ3) is 1.89. The summed E-state index contributed by atoms with van der Waals surface area (Å²) in [6.45, 7) is 0. The fourth-order valence-electron chi connectivity index (χ4n) is 0.575. The molecule has 0 aliphatic carbocycles. The van der Waals surface area contributed by atoms with Crippen molar-refractivity contribution < 1.29 is 10.0 Å². The molecular weight excluding hydrogens is 168 g/mol. The van der Waals surface area contributed by atoms with Crippen molar-refractivity contribution in [2.75, 3.05) is 0 Å². The SMILES string of the molecule is O=C(NO)c1ccc(Cl)nc1. The third-order valence-electron chi connectivity index (χ3n) is 1.09. The molecule has 1 heterocycles. The molecule has 1 rings (SSSR count). The Hall–Kier alpha value is -1.13. The summed E-state index contributed by atoms with van der Waals surface area (Å²) < 4.78 is 0. The lowest BCUT2D eigenvalue weighted by molar-refractivity contribution is 0.0706. The van der Waals surface area contributed by atoms with Gasteiger partial charge in [0, 0.05) is 6.20 Å². The van der Waals surface area contributed by atoms with Crippen LogP contribution in [0, 0.1) is 0 Å². The van der Waals surface area contributed by atoms with Crippen LogP contribution >= 0.6 is 11.6 Å². The fraction of sp³-hybridized carbons (Fsp3) is 0. The van der Waals surface area contributed by atoms with E-state index in [4.69, 9.17) is 16.8 Å². The molecule has 0 saturated heterocycles. The smallest absolute Gasteiger partial charge is 0.276 e. The van der Waals surface area contributed by atoms with Crippen molar-refractivity contribution in [3.63, 3.8) is 0 Å². The summed E-state index contributed by atoms with van der Waals surface area (Å²) in [6, 6.07) is 2.92. The van der Waals surface area contributed by atoms with Crippen LogP contribution in [0.4, 0.5) is 0 Å². The molecular formula is C6H5ClN2O2. The topological polar surface area (TPSA) is 62.2 Å². The fourth-order valence-corrected chi connectivity index (χ4v) is 0.686. The molecule has 2 N–H and O–H groups in total. The molecule has 1 aromatic heterocycles. The number of carbonyl (C=O) groups is 1. The Bertz CT molecular complexity index is 260. The van der Waals surface area contributed by atoms with Gasteiger partial charge in [-0.25, -0.2) is 10.5 Å². The van der Waals surface area contributed by atoms with E-state index in [0.717, 1.165) is 0 Å². The molecule has 0 spiro atoms. The van der Waals surface area contributed by atoms with Crippen LogP contribution in [-0.2, 0) is 0 Å². The van der Waals surface area contributed by atoms with Gasteiger partial charge in [0.15, 0.2) is 0 Å². The Labute approximate surface area is 67.8 Å². The van der Waals surface area contributed by atoms with Gasteiger partial charge in [-0.15, -0.1) is 0 Å². The Morgan fingerprint density at radius 3 is 2.82 bits per heavy atom. The van der Waals surface area contributed by atoms with E-state index in [0.29, 0.717) is 5.15 Å². The van der Waals surface area contributed by atoms with Crippen molar-refractivity contribution in [2.24, 2.45) is 0 Å². The molecule has 1 amide bonds. The molecule has 0 radical (unpaired) electrons. The lowest BCUT2D eigenvalue weighted by atomic mass is 10.3. The van der Waals surface area contributed by atoms with Crippen LogP contribution in [0.5, 0.6) is 0 Å². The summed E-state index contributed by atoms with van der Waals surface area (Å²) in [5.74, 6) is -0.603. The van der Waals surface area contributed by atoms with Gasteiger partial charge in [0.25, 0.3) is 5.91 Å². The first-order valence-electron chi connectivity index (χ1n) is 2.80. The minimum absolute atomic E-state index is 0.261. The van der Waals surface area contributed by atoms with Gasteiger partial charge in [-0.05, 0) is 12.1 Å². The van der Waals surface area contributed by atoms with Crippen LogP contribution in [0.2, 0.25) is 5.15 Å². The molecule has 1 aromatic rings. The normalized spacial score (nSPS) is 9.27. The second-order valence-electron chi connectivity index (χ2n) is 1.81. The van der Waals surface area contributed by atoms with Crippen LogP contribution < -0.4 is 5.48 Å². The maximum absolute atomic E-state index is 10.7. The molecule has 0 aromatic carbocycles. The van der Waals surface area contributed by atoms with E-state index in [1.165, 1.54) is 23.8 Å². The average Bonchev–Trinajstić information content (AvgIpc) is 2.05. The van der Waals surface area contributed by atoms with Gasteiger partial charge >= 0.3 is 0 Å². The molecule has 11 heavy (non-hydrogen) atoms. The zero-order valence-electron chi connectivity index (χ0n) is 5.41. The first kappa shape index (κ1) is 7.97. The summed E-state index contributed by atoms with van der Waals surface area (Å²) in [6.07, 6.45) is 1.27. The number of hydrogen-bond donors (Lipinski definition) is 2. The van der Waals surface area contributed by atoms with Gasteiger partial charge in [-0.1, -0.05) is 11.6 Å². The molecule has 0 unspecified atom stereocenters. The zero-order chi connectivity index (χ0) is 8.27. The zero-order valence-corrected chi connectivity index (χ0v) is 6.17. The predicted octanol–water partition coefficient (Wildman–Crippen LogP) is 0.854. The number of hydroxylamine groups is 1. The average molecular weight is 173 g/mol. The van der Waals surface area contributed by atoms with E-state index < -0.39 is 5.91 Å². The van der Waals surface area contributed by atoms with Crippen molar-refractivity contribution in [3.8, 4) is 0 Å². The monoisotopic (exact) mass is 172 g/mol. The number of aromatic nitrogens is 1.